The molecule has 1 aromatic rings. The van der Waals surface area contributed by atoms with Gasteiger partial charge in [-0.3, -0.25) is 9.59 Å². The molecule has 20 heavy (non-hydrogen) atoms. The van der Waals surface area contributed by atoms with Crippen molar-refractivity contribution < 1.29 is 9.59 Å². The van der Waals surface area contributed by atoms with Crippen LogP contribution in [-0.2, 0) is 0 Å². The van der Waals surface area contributed by atoms with Crippen molar-refractivity contribution >= 4 is 24.1 Å². The molecule has 2 rings (SSSR count). The van der Waals surface area contributed by atoms with E-state index >= 15 is 0 Å². The highest BCUT2D eigenvalue weighted by molar-refractivity contribution is 6.02. The maximum atomic E-state index is 12.5. The molecule has 0 aliphatic carbocycles. The first-order valence-electron chi connectivity index (χ1n) is 6.66. The van der Waals surface area contributed by atoms with Gasteiger partial charge in [0.25, 0.3) is 5.91 Å². The van der Waals surface area contributed by atoms with Gasteiger partial charge in [0.2, 0.25) is 0 Å². The zero-order valence-electron chi connectivity index (χ0n) is 12.2. The average molecular weight is 300 g/mol. The molecule has 1 fully saturated rings. The molecule has 5 nitrogen and oxygen atoms in total. The second-order valence-electron chi connectivity index (χ2n) is 5.33. The normalized spacial score (nSPS) is 18.6. The molecule has 0 aromatic carbocycles. The van der Waals surface area contributed by atoms with Crippen LogP contribution in [0.1, 0.15) is 51.9 Å². The van der Waals surface area contributed by atoms with E-state index in [1.54, 1.807) is 4.90 Å². The summed E-state index contributed by atoms with van der Waals surface area (Å²) in [6.07, 6.45) is 1.90. The number of hydrogen-bond acceptors (Lipinski definition) is 3. The Kier molecular flexibility index (Phi) is 5.36. The number of carbonyl (C=O) groups is 2. The first-order chi connectivity index (χ1) is 8.91. The molecule has 1 aliphatic rings. The Bertz CT molecular complexity index is 525. The molecular formula is C14H22ClN3O2. The molecule has 0 spiro atoms. The Morgan fingerprint density at radius 3 is 2.50 bits per heavy atom. The number of halogens is 1. The number of nitrogens with two attached hydrogens (primary N) is 1. The van der Waals surface area contributed by atoms with Crippen LogP contribution in [-0.4, -0.2) is 40.7 Å². The lowest BCUT2D eigenvalue weighted by atomic mass is 10.0. The minimum Gasteiger partial charge on any atom is -0.354 e. The Morgan fingerprint density at radius 1 is 1.35 bits per heavy atom. The van der Waals surface area contributed by atoms with Crippen LogP contribution in [0.5, 0.6) is 0 Å². The minimum absolute atomic E-state index is 0. The summed E-state index contributed by atoms with van der Waals surface area (Å²) >= 11 is 0. The average Bonchev–Trinajstić information content (AvgIpc) is 2.63. The summed E-state index contributed by atoms with van der Waals surface area (Å²) in [4.78, 5) is 28.9. The molecule has 6 heteroatoms. The molecule has 0 radical (unpaired) electrons. The predicted molar refractivity (Wildman–Crippen MR) is 80.6 cm³/mol. The Balaban J connectivity index is 0.00000200. The van der Waals surface area contributed by atoms with Crippen molar-refractivity contribution in [3.05, 3.63) is 22.5 Å². The van der Waals surface area contributed by atoms with E-state index in [1.807, 2.05) is 13.8 Å². The van der Waals surface area contributed by atoms with Crippen molar-refractivity contribution in [2.24, 2.45) is 5.73 Å². The Labute approximate surface area is 125 Å². The lowest BCUT2D eigenvalue weighted by molar-refractivity contribution is 0.0702. The molecule has 1 unspecified atom stereocenters. The molecule has 1 amide bonds. The fraction of sp³-hybridized carbons (Fsp3) is 0.571. The van der Waals surface area contributed by atoms with Gasteiger partial charge in [0.15, 0.2) is 5.78 Å². The SMILES string of the molecule is CC(=O)c1c(C)[nH]c(C(=O)N2CCCC(N)C2)c1C.Cl. The van der Waals surface area contributed by atoms with Gasteiger partial charge in [0.05, 0.1) is 0 Å². The lowest BCUT2D eigenvalue weighted by Crippen LogP contribution is -2.46. The lowest BCUT2D eigenvalue weighted by Gasteiger charge is -2.30. The third-order valence-electron chi connectivity index (χ3n) is 3.75. The number of aromatic amines is 1. The monoisotopic (exact) mass is 299 g/mol. The van der Waals surface area contributed by atoms with Gasteiger partial charge in [0.1, 0.15) is 5.69 Å². The van der Waals surface area contributed by atoms with Crippen LogP contribution in [0.4, 0.5) is 0 Å². The van der Waals surface area contributed by atoms with Crippen molar-refractivity contribution in [3.63, 3.8) is 0 Å². The number of nitrogens with one attached hydrogen (secondary N) is 1. The number of aromatic nitrogens is 1. The molecule has 2 heterocycles. The molecule has 1 saturated heterocycles. The number of carbonyl (C=O) groups excluding carboxylic acids is 2. The summed E-state index contributed by atoms with van der Waals surface area (Å²) in [5, 5.41) is 0. The van der Waals surface area contributed by atoms with Crippen LogP contribution >= 0.6 is 12.4 Å². The fourth-order valence-corrected chi connectivity index (χ4v) is 2.84. The molecule has 0 bridgehead atoms. The number of ketones is 1. The van der Waals surface area contributed by atoms with Crippen LogP contribution in [0, 0.1) is 13.8 Å². The summed E-state index contributed by atoms with van der Waals surface area (Å²) in [5.41, 5.74) is 8.56. The quantitative estimate of drug-likeness (QED) is 0.818. The fourth-order valence-electron chi connectivity index (χ4n) is 2.84. The van der Waals surface area contributed by atoms with Gasteiger partial charge < -0.3 is 15.6 Å². The number of Topliss-reactive ketones (excluding diaryl/α,β-unsaturated/α-hetero) is 1. The van der Waals surface area contributed by atoms with Gasteiger partial charge in [-0.25, -0.2) is 0 Å². The topological polar surface area (TPSA) is 79.2 Å². The molecule has 3 N–H and O–H groups in total. The van der Waals surface area contributed by atoms with Gasteiger partial charge in [-0.1, -0.05) is 0 Å². The number of amides is 1. The van der Waals surface area contributed by atoms with Gasteiger partial charge in [-0.2, -0.15) is 0 Å². The van der Waals surface area contributed by atoms with Crippen LogP contribution in [0.3, 0.4) is 0 Å². The van der Waals surface area contributed by atoms with Crippen molar-refractivity contribution in [2.45, 2.75) is 39.7 Å². The highest BCUT2D eigenvalue weighted by Gasteiger charge is 2.26. The van der Waals surface area contributed by atoms with E-state index in [-0.39, 0.29) is 30.1 Å². The molecule has 112 valence electrons. The number of rotatable bonds is 2. The smallest absolute Gasteiger partial charge is 0.270 e. The zero-order chi connectivity index (χ0) is 14.2. The third-order valence-corrected chi connectivity index (χ3v) is 3.75. The highest BCUT2D eigenvalue weighted by atomic mass is 35.5. The molecule has 0 saturated carbocycles. The summed E-state index contributed by atoms with van der Waals surface area (Å²) in [5.74, 6) is -0.0658. The Morgan fingerprint density at radius 2 is 2.00 bits per heavy atom. The maximum Gasteiger partial charge on any atom is 0.270 e. The maximum absolute atomic E-state index is 12.5. The summed E-state index contributed by atoms with van der Waals surface area (Å²) in [7, 11) is 0. The summed E-state index contributed by atoms with van der Waals surface area (Å²) < 4.78 is 0. The molecule has 1 aliphatic heterocycles. The van der Waals surface area contributed by atoms with Crippen molar-refractivity contribution in [2.75, 3.05) is 13.1 Å². The standard InChI is InChI=1S/C14H21N3O2.ClH/c1-8-12(10(3)18)9(2)16-13(8)14(19)17-6-4-5-11(15)7-17;/h11,16H,4-7,15H2,1-3H3;1H. The van der Waals surface area contributed by atoms with Crippen LogP contribution < -0.4 is 5.73 Å². The van der Waals surface area contributed by atoms with E-state index in [4.69, 9.17) is 5.73 Å². The van der Waals surface area contributed by atoms with Gasteiger partial charge >= 0.3 is 0 Å². The first kappa shape index (κ1) is 16.7. The number of piperidine rings is 1. The second kappa shape index (κ2) is 6.41. The van der Waals surface area contributed by atoms with Gasteiger partial charge in [-0.15, -0.1) is 12.4 Å². The second-order valence-corrected chi connectivity index (χ2v) is 5.33. The van der Waals surface area contributed by atoms with E-state index in [0.29, 0.717) is 17.8 Å². The van der Waals surface area contributed by atoms with E-state index in [9.17, 15) is 9.59 Å². The summed E-state index contributed by atoms with van der Waals surface area (Å²) in [6.45, 7) is 6.49. The number of nitrogens with zero attached hydrogens (tertiary/aromatic N) is 1. The Hall–Kier alpha value is -1.33. The van der Waals surface area contributed by atoms with E-state index in [2.05, 4.69) is 4.98 Å². The first-order valence-corrected chi connectivity index (χ1v) is 6.66. The number of hydrogen-bond donors (Lipinski definition) is 2. The van der Waals surface area contributed by atoms with Crippen LogP contribution in [0.15, 0.2) is 0 Å². The van der Waals surface area contributed by atoms with Gasteiger partial charge in [0, 0.05) is 30.4 Å². The van der Waals surface area contributed by atoms with Gasteiger partial charge in [-0.05, 0) is 39.2 Å². The summed E-state index contributed by atoms with van der Waals surface area (Å²) in [6, 6.07) is 0.0568. The third kappa shape index (κ3) is 3.04. The minimum atomic E-state index is -0.0525. The number of aryl methyl sites for hydroxylation is 1. The van der Waals surface area contributed by atoms with Crippen LogP contribution in [0.25, 0.3) is 0 Å². The molecule has 1 atom stereocenters. The van der Waals surface area contributed by atoms with Crippen molar-refractivity contribution in [1.29, 1.82) is 0 Å². The van der Waals surface area contributed by atoms with Crippen LogP contribution in [0.2, 0.25) is 0 Å². The highest BCUT2D eigenvalue weighted by Crippen LogP contribution is 2.21. The predicted octanol–water partition coefficient (Wildman–Crippen LogP) is 1.82. The number of H-pyrrole nitrogens is 1. The molecule has 1 aromatic heterocycles. The van der Waals surface area contributed by atoms with Crippen molar-refractivity contribution in [1.82, 2.24) is 9.88 Å². The molecular weight excluding hydrogens is 278 g/mol. The van der Waals surface area contributed by atoms with Crippen molar-refractivity contribution in [3.8, 4) is 0 Å². The van der Waals surface area contributed by atoms with E-state index in [1.165, 1.54) is 6.92 Å². The largest absolute Gasteiger partial charge is 0.354 e. The number of likely N-dealkylation sites (tertiary alicyclic amines) is 1. The zero-order valence-corrected chi connectivity index (χ0v) is 13.0. The van der Waals surface area contributed by atoms with E-state index < -0.39 is 0 Å². The van der Waals surface area contributed by atoms with E-state index in [0.717, 1.165) is 30.6 Å².